The van der Waals surface area contributed by atoms with E-state index in [0.717, 1.165) is 37.1 Å². The molecular formula is C19H26N4O3. The van der Waals surface area contributed by atoms with Crippen molar-refractivity contribution in [1.82, 2.24) is 19.4 Å². The smallest absolute Gasteiger partial charge is 0.224 e. The molecule has 2 atom stereocenters. The van der Waals surface area contributed by atoms with E-state index in [9.17, 15) is 9.90 Å². The summed E-state index contributed by atoms with van der Waals surface area (Å²) in [5, 5.41) is 10.0. The Morgan fingerprint density at radius 1 is 1.19 bits per heavy atom. The summed E-state index contributed by atoms with van der Waals surface area (Å²) in [6.45, 7) is 4.85. The number of aliphatic hydroxyl groups excluding tert-OH is 1. The molecule has 3 heterocycles. The second-order valence-electron chi connectivity index (χ2n) is 7.12. The molecule has 2 aliphatic heterocycles. The van der Waals surface area contributed by atoms with Crippen LogP contribution in [-0.2, 0) is 16.1 Å². The van der Waals surface area contributed by atoms with Crippen molar-refractivity contribution >= 4 is 16.9 Å². The number of benzene rings is 1. The molecule has 1 amide bonds. The van der Waals surface area contributed by atoms with Gasteiger partial charge in [0.25, 0.3) is 0 Å². The lowest BCUT2D eigenvalue weighted by Gasteiger charge is -2.28. The summed E-state index contributed by atoms with van der Waals surface area (Å²) in [5.74, 6) is 0.188. The van der Waals surface area contributed by atoms with Gasteiger partial charge in [-0.25, -0.2) is 4.98 Å². The van der Waals surface area contributed by atoms with Gasteiger partial charge in [0.2, 0.25) is 5.91 Å². The van der Waals surface area contributed by atoms with Crippen LogP contribution < -0.4 is 0 Å². The largest absolute Gasteiger partial charge is 0.389 e. The third-order valence-corrected chi connectivity index (χ3v) is 5.47. The van der Waals surface area contributed by atoms with Crippen LogP contribution in [0.3, 0.4) is 0 Å². The van der Waals surface area contributed by atoms with E-state index in [1.54, 1.807) is 0 Å². The Morgan fingerprint density at radius 3 is 2.92 bits per heavy atom. The zero-order valence-corrected chi connectivity index (χ0v) is 15.0. The summed E-state index contributed by atoms with van der Waals surface area (Å²) >= 11 is 0. The molecule has 1 N–H and O–H groups in total. The van der Waals surface area contributed by atoms with E-state index in [1.807, 2.05) is 40.1 Å². The van der Waals surface area contributed by atoms with Gasteiger partial charge >= 0.3 is 0 Å². The van der Waals surface area contributed by atoms with Crippen LogP contribution in [0.4, 0.5) is 0 Å². The summed E-state index contributed by atoms with van der Waals surface area (Å²) in [6.07, 6.45) is 2.81. The number of nitrogens with zero attached hydrogens (tertiary/aromatic N) is 4. The highest BCUT2D eigenvalue weighted by Crippen LogP contribution is 2.17. The Balaban J connectivity index is 1.32. The van der Waals surface area contributed by atoms with E-state index >= 15 is 0 Å². The molecule has 26 heavy (non-hydrogen) atoms. The molecule has 0 saturated carbocycles. The van der Waals surface area contributed by atoms with Gasteiger partial charge in [-0.05, 0) is 18.6 Å². The summed E-state index contributed by atoms with van der Waals surface area (Å²) < 4.78 is 7.42. The molecule has 2 aromatic rings. The highest BCUT2D eigenvalue weighted by Gasteiger charge is 2.33. The number of aryl methyl sites for hydroxylation is 1. The van der Waals surface area contributed by atoms with Crippen LogP contribution in [0.2, 0.25) is 0 Å². The van der Waals surface area contributed by atoms with Crippen LogP contribution in [-0.4, -0.2) is 81.9 Å². The highest BCUT2D eigenvalue weighted by molar-refractivity contribution is 5.77. The molecular weight excluding hydrogens is 332 g/mol. The molecule has 0 aliphatic carbocycles. The number of aromatic nitrogens is 2. The first-order valence-corrected chi connectivity index (χ1v) is 9.40. The fourth-order valence-electron chi connectivity index (χ4n) is 3.96. The third-order valence-electron chi connectivity index (χ3n) is 5.47. The van der Waals surface area contributed by atoms with Crippen molar-refractivity contribution in [3.8, 4) is 0 Å². The number of rotatable bonds is 4. The van der Waals surface area contributed by atoms with Crippen LogP contribution >= 0.6 is 0 Å². The van der Waals surface area contributed by atoms with Crippen LogP contribution in [0.1, 0.15) is 12.8 Å². The van der Waals surface area contributed by atoms with Gasteiger partial charge in [-0.2, -0.15) is 0 Å². The van der Waals surface area contributed by atoms with Crippen molar-refractivity contribution in [3.63, 3.8) is 0 Å². The second kappa shape index (κ2) is 7.73. The third kappa shape index (κ3) is 3.60. The average molecular weight is 358 g/mol. The minimum absolute atomic E-state index is 0.0716. The number of carbonyl (C=O) groups is 1. The van der Waals surface area contributed by atoms with Crippen LogP contribution in [0.5, 0.6) is 0 Å². The number of carbonyl (C=O) groups excluding carboxylic acids is 1. The maximum atomic E-state index is 12.7. The van der Waals surface area contributed by atoms with Crippen LogP contribution in [0.25, 0.3) is 11.0 Å². The topological polar surface area (TPSA) is 70.8 Å². The van der Waals surface area contributed by atoms with E-state index in [2.05, 4.69) is 9.88 Å². The predicted octanol–water partition coefficient (Wildman–Crippen LogP) is 0.720. The summed E-state index contributed by atoms with van der Waals surface area (Å²) in [5.41, 5.74) is 2.03. The molecule has 1 aromatic heterocycles. The van der Waals surface area contributed by atoms with Gasteiger partial charge < -0.3 is 19.3 Å². The molecule has 0 radical (unpaired) electrons. The molecule has 1 aromatic carbocycles. The van der Waals surface area contributed by atoms with E-state index in [1.165, 1.54) is 0 Å². The van der Waals surface area contributed by atoms with Gasteiger partial charge in [0, 0.05) is 39.1 Å². The van der Waals surface area contributed by atoms with E-state index in [4.69, 9.17) is 4.74 Å². The maximum absolute atomic E-state index is 12.7. The SMILES string of the molecule is O=C(CCn1cnc2ccccc21)N1CCCN([C@@H]2COC[C@H]2O)CC1. The Bertz CT molecular complexity index is 762. The number of amides is 1. The quantitative estimate of drug-likeness (QED) is 0.872. The summed E-state index contributed by atoms with van der Waals surface area (Å²) in [7, 11) is 0. The number of hydrogen-bond donors (Lipinski definition) is 1. The van der Waals surface area contributed by atoms with Crippen molar-refractivity contribution in [2.75, 3.05) is 39.4 Å². The monoisotopic (exact) mass is 358 g/mol. The zero-order valence-electron chi connectivity index (χ0n) is 15.0. The molecule has 2 fully saturated rings. The van der Waals surface area contributed by atoms with E-state index in [-0.39, 0.29) is 11.9 Å². The summed E-state index contributed by atoms with van der Waals surface area (Å²) in [6, 6.07) is 8.05. The lowest BCUT2D eigenvalue weighted by molar-refractivity contribution is -0.131. The molecule has 4 rings (SSSR count). The number of para-hydroxylation sites is 2. The Kier molecular flexibility index (Phi) is 5.19. The standard InChI is InChI=1S/C19H26N4O3/c24-18-13-26-12-17(18)21-7-3-8-22(11-10-21)19(25)6-9-23-14-20-15-4-1-2-5-16(15)23/h1-2,4-5,14,17-18,24H,3,6-13H2/t17-,18-/m1/s1. The van der Waals surface area contributed by atoms with Crippen molar-refractivity contribution in [2.24, 2.45) is 0 Å². The zero-order chi connectivity index (χ0) is 17.9. The molecule has 140 valence electrons. The normalized spacial score (nSPS) is 24.9. The van der Waals surface area contributed by atoms with E-state index in [0.29, 0.717) is 32.7 Å². The first kappa shape index (κ1) is 17.5. The maximum Gasteiger partial charge on any atom is 0.224 e. The fraction of sp³-hybridized carbons (Fsp3) is 0.579. The van der Waals surface area contributed by atoms with Gasteiger partial charge in [0.15, 0.2) is 0 Å². The first-order chi connectivity index (χ1) is 12.7. The van der Waals surface area contributed by atoms with Crippen LogP contribution in [0, 0.1) is 0 Å². The number of aliphatic hydroxyl groups is 1. The number of imidazole rings is 1. The Hall–Kier alpha value is -1.96. The van der Waals surface area contributed by atoms with Crippen molar-refractivity contribution < 1.29 is 14.6 Å². The number of fused-ring (bicyclic) bond motifs is 1. The fourth-order valence-corrected chi connectivity index (χ4v) is 3.96. The molecule has 2 saturated heterocycles. The van der Waals surface area contributed by atoms with Crippen molar-refractivity contribution in [2.45, 2.75) is 31.5 Å². The highest BCUT2D eigenvalue weighted by atomic mass is 16.5. The van der Waals surface area contributed by atoms with Gasteiger partial charge in [-0.3, -0.25) is 9.69 Å². The molecule has 7 heteroatoms. The molecule has 7 nitrogen and oxygen atoms in total. The predicted molar refractivity (Wildman–Crippen MR) is 97.7 cm³/mol. The van der Waals surface area contributed by atoms with Gasteiger partial charge in [0.1, 0.15) is 0 Å². The minimum atomic E-state index is -0.410. The lowest BCUT2D eigenvalue weighted by Crippen LogP contribution is -2.45. The number of hydrogen-bond acceptors (Lipinski definition) is 5. The molecule has 0 unspecified atom stereocenters. The van der Waals surface area contributed by atoms with Gasteiger partial charge in [-0.15, -0.1) is 0 Å². The Morgan fingerprint density at radius 2 is 2.08 bits per heavy atom. The number of ether oxygens (including phenoxy) is 1. The first-order valence-electron chi connectivity index (χ1n) is 9.40. The molecule has 2 aliphatic rings. The van der Waals surface area contributed by atoms with Crippen molar-refractivity contribution in [1.29, 1.82) is 0 Å². The van der Waals surface area contributed by atoms with E-state index < -0.39 is 6.10 Å². The van der Waals surface area contributed by atoms with Gasteiger partial charge in [0.05, 0.1) is 42.7 Å². The van der Waals surface area contributed by atoms with Crippen molar-refractivity contribution in [3.05, 3.63) is 30.6 Å². The van der Waals surface area contributed by atoms with Gasteiger partial charge in [-0.1, -0.05) is 12.1 Å². The Labute approximate surface area is 153 Å². The lowest BCUT2D eigenvalue weighted by atomic mass is 10.2. The molecule has 0 spiro atoms. The minimum Gasteiger partial charge on any atom is -0.389 e. The summed E-state index contributed by atoms with van der Waals surface area (Å²) in [4.78, 5) is 21.3. The molecule has 0 bridgehead atoms. The van der Waals surface area contributed by atoms with Crippen LogP contribution in [0.15, 0.2) is 30.6 Å². The average Bonchev–Trinajstić information content (AvgIpc) is 3.18. The second-order valence-corrected chi connectivity index (χ2v) is 7.12.